The summed E-state index contributed by atoms with van der Waals surface area (Å²) in [6, 6.07) is 9.96. The molecule has 15 heavy (non-hydrogen) atoms. The van der Waals surface area contributed by atoms with Crippen molar-refractivity contribution < 1.29 is 8.42 Å². The summed E-state index contributed by atoms with van der Waals surface area (Å²) in [7, 11) is -3.42. The van der Waals surface area contributed by atoms with Gasteiger partial charge in [-0.3, -0.25) is 0 Å². The van der Waals surface area contributed by atoms with E-state index in [2.05, 4.69) is 4.72 Å². The van der Waals surface area contributed by atoms with Crippen molar-refractivity contribution >= 4 is 10.0 Å². The van der Waals surface area contributed by atoms with Gasteiger partial charge in [0.2, 0.25) is 10.0 Å². The second-order valence-corrected chi connectivity index (χ2v) is 4.97. The molecule has 0 aliphatic carbocycles. The Morgan fingerprint density at radius 2 is 2.00 bits per heavy atom. The van der Waals surface area contributed by atoms with Crippen molar-refractivity contribution in [2.75, 3.05) is 0 Å². The average molecular weight is 224 g/mol. The van der Waals surface area contributed by atoms with Gasteiger partial charge in [0.25, 0.3) is 0 Å². The summed E-state index contributed by atoms with van der Waals surface area (Å²) in [5.41, 5.74) is 0.704. The Kier molecular flexibility index (Phi) is 3.83. The van der Waals surface area contributed by atoms with E-state index in [-0.39, 0.29) is 5.75 Å². The number of nitrogens with one attached hydrogen (secondary N) is 1. The van der Waals surface area contributed by atoms with Crippen LogP contribution in [0.1, 0.15) is 12.5 Å². The van der Waals surface area contributed by atoms with Gasteiger partial charge >= 0.3 is 0 Å². The molecule has 0 saturated carbocycles. The third kappa shape index (κ3) is 4.11. The maximum Gasteiger partial charge on any atom is 0.216 e. The maximum atomic E-state index is 11.5. The molecule has 80 valence electrons. The van der Waals surface area contributed by atoms with Crippen LogP contribution >= 0.6 is 0 Å². The molecule has 0 radical (unpaired) electrons. The molecule has 5 heteroatoms. The Hall–Kier alpha value is -1.38. The first kappa shape index (κ1) is 11.7. The second kappa shape index (κ2) is 4.91. The molecule has 1 atom stereocenters. The summed E-state index contributed by atoms with van der Waals surface area (Å²) < 4.78 is 25.3. The molecule has 0 aliphatic heterocycles. The minimum atomic E-state index is -3.42. The van der Waals surface area contributed by atoms with Crippen molar-refractivity contribution in [3.05, 3.63) is 35.9 Å². The van der Waals surface area contributed by atoms with Crippen molar-refractivity contribution in [2.24, 2.45) is 0 Å². The minimum absolute atomic E-state index is 0.0974. The summed E-state index contributed by atoms with van der Waals surface area (Å²) in [6.07, 6.45) is 0. The molecule has 1 aromatic rings. The van der Waals surface area contributed by atoms with E-state index in [1.165, 1.54) is 6.92 Å². The fraction of sp³-hybridized carbons (Fsp3) is 0.300. The lowest BCUT2D eigenvalue weighted by molar-refractivity contribution is 0.576. The average Bonchev–Trinajstić information content (AvgIpc) is 2.17. The molecule has 4 nitrogen and oxygen atoms in total. The van der Waals surface area contributed by atoms with E-state index in [1.54, 1.807) is 24.3 Å². The number of benzene rings is 1. The van der Waals surface area contributed by atoms with Crippen LogP contribution in [-0.4, -0.2) is 14.5 Å². The molecule has 0 bridgehead atoms. The summed E-state index contributed by atoms with van der Waals surface area (Å²) >= 11 is 0. The first-order valence-electron chi connectivity index (χ1n) is 4.47. The van der Waals surface area contributed by atoms with E-state index < -0.39 is 16.1 Å². The molecule has 0 aromatic heterocycles. The molecule has 1 unspecified atom stereocenters. The van der Waals surface area contributed by atoms with Gasteiger partial charge in [-0.05, 0) is 12.5 Å². The van der Waals surface area contributed by atoms with Crippen LogP contribution in [0.25, 0.3) is 0 Å². The van der Waals surface area contributed by atoms with Gasteiger partial charge in [0.05, 0.1) is 11.8 Å². The lowest BCUT2D eigenvalue weighted by atomic mass is 10.2. The Labute approximate surface area is 89.6 Å². The molecule has 0 heterocycles. The smallest absolute Gasteiger partial charge is 0.212 e. The van der Waals surface area contributed by atoms with Crippen molar-refractivity contribution in [3.63, 3.8) is 0 Å². The largest absolute Gasteiger partial charge is 0.216 e. The summed E-state index contributed by atoms with van der Waals surface area (Å²) in [6.45, 7) is 1.50. The second-order valence-electron chi connectivity index (χ2n) is 3.21. The van der Waals surface area contributed by atoms with E-state index >= 15 is 0 Å². The Morgan fingerprint density at radius 3 is 2.53 bits per heavy atom. The number of hydrogen-bond donors (Lipinski definition) is 1. The van der Waals surface area contributed by atoms with Gasteiger partial charge in [-0.25, -0.2) is 8.42 Å². The standard InChI is InChI=1S/C10H12N2O2S/c1-9(7-11)12-15(13,14)8-10-5-3-2-4-6-10/h2-6,9,12H,8H2,1H3. The minimum Gasteiger partial charge on any atom is -0.212 e. The monoisotopic (exact) mass is 224 g/mol. The highest BCUT2D eigenvalue weighted by Crippen LogP contribution is 2.04. The van der Waals surface area contributed by atoms with Crippen molar-refractivity contribution in [1.29, 1.82) is 5.26 Å². The number of hydrogen-bond acceptors (Lipinski definition) is 3. The molecule has 1 rings (SSSR count). The molecule has 0 saturated heterocycles. The van der Waals surface area contributed by atoms with Crippen LogP contribution in [-0.2, 0) is 15.8 Å². The van der Waals surface area contributed by atoms with Crippen LogP contribution in [0.3, 0.4) is 0 Å². The van der Waals surface area contributed by atoms with E-state index in [4.69, 9.17) is 5.26 Å². The Balaban J connectivity index is 2.71. The molecular formula is C10H12N2O2S. The predicted octanol–water partition coefficient (Wildman–Crippen LogP) is 1.02. The van der Waals surface area contributed by atoms with Crippen LogP contribution < -0.4 is 4.72 Å². The lowest BCUT2D eigenvalue weighted by Gasteiger charge is -2.07. The van der Waals surface area contributed by atoms with Crippen LogP contribution in [0, 0.1) is 11.3 Å². The first-order valence-corrected chi connectivity index (χ1v) is 6.12. The lowest BCUT2D eigenvalue weighted by Crippen LogP contribution is -2.32. The van der Waals surface area contributed by atoms with E-state index in [0.29, 0.717) is 5.56 Å². The molecule has 0 amide bonds. The van der Waals surface area contributed by atoms with Crippen molar-refractivity contribution in [3.8, 4) is 6.07 Å². The Bertz CT molecular complexity index is 448. The summed E-state index contributed by atoms with van der Waals surface area (Å²) in [5, 5.41) is 8.49. The predicted molar refractivity (Wildman–Crippen MR) is 57.3 cm³/mol. The van der Waals surface area contributed by atoms with Gasteiger partial charge in [-0.1, -0.05) is 30.3 Å². The van der Waals surface area contributed by atoms with Gasteiger partial charge in [-0.15, -0.1) is 0 Å². The topological polar surface area (TPSA) is 70.0 Å². The Morgan fingerprint density at radius 1 is 1.40 bits per heavy atom. The quantitative estimate of drug-likeness (QED) is 0.830. The number of nitriles is 1. The van der Waals surface area contributed by atoms with Gasteiger partial charge in [0.15, 0.2) is 0 Å². The molecule has 1 N–H and O–H groups in total. The fourth-order valence-electron chi connectivity index (χ4n) is 1.13. The number of sulfonamides is 1. The molecular weight excluding hydrogens is 212 g/mol. The molecule has 0 aliphatic rings. The van der Waals surface area contributed by atoms with Crippen molar-refractivity contribution in [1.82, 2.24) is 4.72 Å². The van der Waals surface area contributed by atoms with Crippen LogP contribution in [0.15, 0.2) is 30.3 Å². The highest BCUT2D eigenvalue weighted by atomic mass is 32.2. The SMILES string of the molecule is CC(C#N)NS(=O)(=O)Cc1ccccc1. The molecule has 0 fully saturated rings. The van der Waals surface area contributed by atoms with Crippen LogP contribution in [0.2, 0.25) is 0 Å². The normalized spacial score (nSPS) is 13.1. The number of nitrogens with zero attached hydrogens (tertiary/aromatic N) is 1. The van der Waals surface area contributed by atoms with E-state index in [9.17, 15) is 8.42 Å². The maximum absolute atomic E-state index is 11.5. The van der Waals surface area contributed by atoms with Crippen molar-refractivity contribution in [2.45, 2.75) is 18.7 Å². The van der Waals surface area contributed by atoms with Crippen LogP contribution in [0.5, 0.6) is 0 Å². The first-order chi connectivity index (χ1) is 7.03. The van der Waals surface area contributed by atoms with Gasteiger partial charge in [0, 0.05) is 0 Å². The third-order valence-corrected chi connectivity index (χ3v) is 3.18. The highest BCUT2D eigenvalue weighted by molar-refractivity contribution is 7.88. The zero-order chi connectivity index (χ0) is 11.3. The summed E-state index contributed by atoms with van der Waals surface area (Å²) in [5.74, 6) is -0.0974. The van der Waals surface area contributed by atoms with Crippen LogP contribution in [0.4, 0.5) is 0 Å². The number of rotatable bonds is 4. The zero-order valence-corrected chi connectivity index (χ0v) is 9.16. The van der Waals surface area contributed by atoms with Gasteiger partial charge in [-0.2, -0.15) is 9.98 Å². The third-order valence-electron chi connectivity index (χ3n) is 1.75. The van der Waals surface area contributed by atoms with E-state index in [0.717, 1.165) is 0 Å². The highest BCUT2D eigenvalue weighted by Gasteiger charge is 2.14. The summed E-state index contributed by atoms with van der Waals surface area (Å²) in [4.78, 5) is 0. The molecule has 0 spiro atoms. The molecule has 1 aromatic carbocycles. The van der Waals surface area contributed by atoms with Gasteiger partial charge in [0.1, 0.15) is 6.04 Å². The fourth-order valence-corrected chi connectivity index (χ4v) is 2.44. The zero-order valence-electron chi connectivity index (χ0n) is 8.34. The van der Waals surface area contributed by atoms with E-state index in [1.807, 2.05) is 12.1 Å². The van der Waals surface area contributed by atoms with Gasteiger partial charge < -0.3 is 0 Å².